The molecular formula is C11H15NO3. The Morgan fingerprint density at radius 1 is 1.40 bits per heavy atom. The minimum absolute atomic E-state index is 0.155. The molecule has 1 aromatic carbocycles. The number of ether oxygens (including phenoxy) is 2. The highest BCUT2D eigenvalue weighted by atomic mass is 16.6. The molecule has 0 radical (unpaired) electrons. The third-order valence-electron chi connectivity index (χ3n) is 1.75. The van der Waals surface area contributed by atoms with E-state index in [0.717, 1.165) is 5.56 Å². The van der Waals surface area contributed by atoms with Crippen LogP contribution in [0.5, 0.6) is 5.75 Å². The van der Waals surface area contributed by atoms with E-state index in [-0.39, 0.29) is 6.61 Å². The van der Waals surface area contributed by atoms with E-state index in [1.807, 2.05) is 31.2 Å². The number of carbonyl (C=O) groups is 1. The molecule has 0 saturated heterocycles. The molecule has 0 heterocycles. The predicted molar refractivity (Wildman–Crippen MR) is 56.4 cm³/mol. The molecule has 0 amide bonds. The molecule has 1 aromatic rings. The second-order valence-electron chi connectivity index (χ2n) is 3.27. The lowest BCUT2D eigenvalue weighted by Gasteiger charge is -2.12. The SMILES string of the molecule is CC(=O)OC(N)COc1ccc(C)cc1. The first kappa shape index (κ1) is 11.5. The molecule has 0 aliphatic rings. The van der Waals surface area contributed by atoms with Gasteiger partial charge in [0.05, 0.1) is 0 Å². The predicted octanol–water partition coefficient (Wildman–Crippen LogP) is 1.22. The highest BCUT2D eigenvalue weighted by Crippen LogP contribution is 2.11. The van der Waals surface area contributed by atoms with Crippen molar-refractivity contribution < 1.29 is 14.3 Å². The molecule has 4 nitrogen and oxygen atoms in total. The van der Waals surface area contributed by atoms with Gasteiger partial charge in [-0.15, -0.1) is 0 Å². The lowest BCUT2D eigenvalue weighted by atomic mass is 10.2. The van der Waals surface area contributed by atoms with E-state index in [0.29, 0.717) is 5.75 Å². The second-order valence-corrected chi connectivity index (χ2v) is 3.27. The molecule has 0 bridgehead atoms. The van der Waals surface area contributed by atoms with Gasteiger partial charge in [-0.3, -0.25) is 10.5 Å². The van der Waals surface area contributed by atoms with Crippen LogP contribution in [0.25, 0.3) is 0 Å². The molecule has 0 saturated carbocycles. The number of hydrogen-bond donors (Lipinski definition) is 1. The van der Waals surface area contributed by atoms with E-state index in [4.69, 9.17) is 15.2 Å². The van der Waals surface area contributed by atoms with Gasteiger partial charge in [-0.05, 0) is 19.1 Å². The van der Waals surface area contributed by atoms with Gasteiger partial charge in [-0.1, -0.05) is 17.7 Å². The molecule has 82 valence electrons. The normalized spacial score (nSPS) is 11.9. The first-order chi connectivity index (χ1) is 7.08. The molecule has 1 atom stereocenters. The summed E-state index contributed by atoms with van der Waals surface area (Å²) in [4.78, 5) is 10.6. The van der Waals surface area contributed by atoms with E-state index in [1.165, 1.54) is 6.92 Å². The standard InChI is InChI=1S/C11H15NO3/c1-8-3-5-10(6-4-8)14-7-11(12)15-9(2)13/h3-6,11H,7,12H2,1-2H3. The molecule has 0 aliphatic carbocycles. The molecule has 15 heavy (non-hydrogen) atoms. The van der Waals surface area contributed by atoms with Gasteiger partial charge in [-0.2, -0.15) is 0 Å². The van der Waals surface area contributed by atoms with Crippen molar-refractivity contribution in [2.45, 2.75) is 20.1 Å². The van der Waals surface area contributed by atoms with Crippen molar-refractivity contribution >= 4 is 5.97 Å². The van der Waals surface area contributed by atoms with Gasteiger partial charge in [0.25, 0.3) is 0 Å². The number of esters is 1. The number of nitrogens with two attached hydrogens (primary N) is 1. The van der Waals surface area contributed by atoms with Gasteiger partial charge in [0.2, 0.25) is 0 Å². The summed E-state index contributed by atoms with van der Waals surface area (Å²) in [6.45, 7) is 3.46. The van der Waals surface area contributed by atoms with Crippen LogP contribution in [-0.4, -0.2) is 18.8 Å². The van der Waals surface area contributed by atoms with Crippen LogP contribution in [0.1, 0.15) is 12.5 Å². The van der Waals surface area contributed by atoms with Crippen molar-refractivity contribution in [3.8, 4) is 5.75 Å². The lowest BCUT2D eigenvalue weighted by Crippen LogP contribution is -2.32. The molecular weight excluding hydrogens is 194 g/mol. The molecule has 1 unspecified atom stereocenters. The maximum absolute atomic E-state index is 10.6. The van der Waals surface area contributed by atoms with Crippen molar-refractivity contribution in [1.82, 2.24) is 0 Å². The third kappa shape index (κ3) is 4.46. The largest absolute Gasteiger partial charge is 0.488 e. The smallest absolute Gasteiger partial charge is 0.304 e. The van der Waals surface area contributed by atoms with Gasteiger partial charge < -0.3 is 9.47 Å². The van der Waals surface area contributed by atoms with Crippen molar-refractivity contribution in [3.05, 3.63) is 29.8 Å². The number of aryl methyl sites for hydroxylation is 1. The fourth-order valence-electron chi connectivity index (χ4n) is 1.06. The molecule has 0 aliphatic heterocycles. The third-order valence-corrected chi connectivity index (χ3v) is 1.75. The fourth-order valence-corrected chi connectivity index (χ4v) is 1.06. The Labute approximate surface area is 89.0 Å². The van der Waals surface area contributed by atoms with Crippen LogP contribution >= 0.6 is 0 Å². The number of rotatable bonds is 4. The molecule has 0 fully saturated rings. The minimum Gasteiger partial charge on any atom is -0.488 e. The molecule has 0 aromatic heterocycles. The zero-order valence-electron chi connectivity index (χ0n) is 8.90. The Balaban J connectivity index is 2.36. The molecule has 2 N–H and O–H groups in total. The maximum Gasteiger partial charge on any atom is 0.304 e. The van der Waals surface area contributed by atoms with Crippen molar-refractivity contribution in [2.24, 2.45) is 5.73 Å². The summed E-state index contributed by atoms with van der Waals surface area (Å²) < 4.78 is 10.0. The Hall–Kier alpha value is -1.55. The van der Waals surface area contributed by atoms with Crippen molar-refractivity contribution in [1.29, 1.82) is 0 Å². The van der Waals surface area contributed by atoms with E-state index in [9.17, 15) is 4.79 Å². The van der Waals surface area contributed by atoms with E-state index in [1.54, 1.807) is 0 Å². The number of benzene rings is 1. The Bertz CT molecular complexity index is 321. The summed E-state index contributed by atoms with van der Waals surface area (Å²) in [5.41, 5.74) is 6.64. The maximum atomic E-state index is 10.6. The van der Waals surface area contributed by atoms with Crippen LogP contribution < -0.4 is 10.5 Å². The van der Waals surface area contributed by atoms with Crippen LogP contribution in [0.2, 0.25) is 0 Å². The monoisotopic (exact) mass is 209 g/mol. The van der Waals surface area contributed by atoms with E-state index >= 15 is 0 Å². The Kier molecular flexibility index (Phi) is 4.12. The van der Waals surface area contributed by atoms with Crippen LogP contribution in [-0.2, 0) is 9.53 Å². The number of hydrogen-bond acceptors (Lipinski definition) is 4. The topological polar surface area (TPSA) is 61.5 Å². The van der Waals surface area contributed by atoms with Crippen molar-refractivity contribution in [3.63, 3.8) is 0 Å². The summed E-state index contributed by atoms with van der Waals surface area (Å²) >= 11 is 0. The van der Waals surface area contributed by atoms with Gasteiger partial charge in [-0.25, -0.2) is 0 Å². The first-order valence-corrected chi connectivity index (χ1v) is 4.70. The van der Waals surface area contributed by atoms with Crippen LogP contribution in [0.15, 0.2) is 24.3 Å². The summed E-state index contributed by atoms with van der Waals surface area (Å²) in [6, 6.07) is 7.56. The van der Waals surface area contributed by atoms with Gasteiger partial charge in [0.1, 0.15) is 12.4 Å². The summed E-state index contributed by atoms with van der Waals surface area (Å²) in [6.07, 6.45) is -0.719. The van der Waals surface area contributed by atoms with Crippen LogP contribution in [0.3, 0.4) is 0 Å². The fraction of sp³-hybridized carbons (Fsp3) is 0.364. The lowest BCUT2D eigenvalue weighted by molar-refractivity contribution is -0.147. The highest BCUT2D eigenvalue weighted by molar-refractivity contribution is 5.66. The molecule has 4 heteroatoms. The zero-order valence-corrected chi connectivity index (χ0v) is 8.90. The minimum atomic E-state index is -0.719. The van der Waals surface area contributed by atoms with Crippen LogP contribution in [0.4, 0.5) is 0 Å². The molecule has 0 spiro atoms. The second kappa shape index (κ2) is 5.36. The summed E-state index contributed by atoms with van der Waals surface area (Å²) in [7, 11) is 0. The van der Waals surface area contributed by atoms with Gasteiger partial charge in [0.15, 0.2) is 6.23 Å². The quantitative estimate of drug-likeness (QED) is 0.598. The van der Waals surface area contributed by atoms with E-state index in [2.05, 4.69) is 0 Å². The van der Waals surface area contributed by atoms with Gasteiger partial charge in [0, 0.05) is 6.92 Å². The number of carbonyl (C=O) groups excluding carboxylic acids is 1. The highest BCUT2D eigenvalue weighted by Gasteiger charge is 2.06. The zero-order chi connectivity index (χ0) is 11.3. The van der Waals surface area contributed by atoms with E-state index < -0.39 is 12.2 Å². The average Bonchev–Trinajstić information content (AvgIpc) is 2.16. The Morgan fingerprint density at radius 3 is 2.53 bits per heavy atom. The first-order valence-electron chi connectivity index (χ1n) is 4.70. The summed E-state index contributed by atoms with van der Waals surface area (Å²) in [5, 5.41) is 0. The summed E-state index contributed by atoms with van der Waals surface area (Å²) in [5.74, 6) is 0.304. The van der Waals surface area contributed by atoms with Gasteiger partial charge >= 0.3 is 5.97 Å². The average molecular weight is 209 g/mol. The molecule has 1 rings (SSSR count). The van der Waals surface area contributed by atoms with Crippen LogP contribution in [0, 0.1) is 6.92 Å². The Morgan fingerprint density at radius 2 is 2.00 bits per heavy atom. The van der Waals surface area contributed by atoms with Crippen molar-refractivity contribution in [2.75, 3.05) is 6.61 Å².